The number of ether oxygens (including phenoxy) is 1. The van der Waals surface area contributed by atoms with E-state index in [1.807, 2.05) is 24.3 Å². The molecule has 0 aliphatic heterocycles. The molecule has 0 saturated carbocycles. The zero-order valence-corrected chi connectivity index (χ0v) is 8.93. The van der Waals surface area contributed by atoms with Crippen LogP contribution < -0.4 is 10.5 Å². The molecule has 0 fully saturated rings. The summed E-state index contributed by atoms with van der Waals surface area (Å²) in [5.74, 6) is 0.368. The van der Waals surface area contributed by atoms with Crippen molar-refractivity contribution in [1.82, 2.24) is 4.98 Å². The minimum absolute atomic E-state index is 0.208. The van der Waals surface area contributed by atoms with Crippen LogP contribution in [0.25, 0.3) is 10.9 Å². The van der Waals surface area contributed by atoms with Crippen LogP contribution in [-0.4, -0.2) is 18.0 Å². The van der Waals surface area contributed by atoms with E-state index in [9.17, 15) is 4.79 Å². The molecular formula is C12H12N2O2. The molecule has 2 rings (SSSR count). The summed E-state index contributed by atoms with van der Waals surface area (Å²) in [5, 5.41) is 0.943. The molecule has 2 N–H and O–H groups in total. The molecule has 4 nitrogen and oxygen atoms in total. The highest BCUT2D eigenvalue weighted by molar-refractivity contribution is 5.86. The molecule has 0 radical (unpaired) electrons. The van der Waals surface area contributed by atoms with E-state index in [4.69, 9.17) is 10.5 Å². The van der Waals surface area contributed by atoms with Gasteiger partial charge in [0.1, 0.15) is 11.3 Å². The van der Waals surface area contributed by atoms with Crippen molar-refractivity contribution in [3.05, 3.63) is 36.0 Å². The van der Waals surface area contributed by atoms with E-state index < -0.39 is 0 Å². The van der Waals surface area contributed by atoms with E-state index >= 15 is 0 Å². The highest BCUT2D eigenvalue weighted by Crippen LogP contribution is 2.23. The molecule has 2 aromatic rings. The Morgan fingerprint density at radius 1 is 1.50 bits per heavy atom. The van der Waals surface area contributed by atoms with Gasteiger partial charge in [-0.2, -0.15) is 0 Å². The van der Waals surface area contributed by atoms with Crippen molar-refractivity contribution < 1.29 is 9.53 Å². The zero-order chi connectivity index (χ0) is 11.5. The molecular weight excluding hydrogens is 204 g/mol. The first kappa shape index (κ1) is 10.4. The predicted octanol–water partition coefficient (Wildman–Crippen LogP) is 1.27. The lowest BCUT2D eigenvalue weighted by Gasteiger charge is -2.05. The summed E-state index contributed by atoms with van der Waals surface area (Å²) in [6.45, 7) is 0. The lowest BCUT2D eigenvalue weighted by molar-refractivity contribution is -0.117. The maximum atomic E-state index is 10.8. The average molecular weight is 216 g/mol. The monoisotopic (exact) mass is 216 g/mol. The summed E-state index contributed by atoms with van der Waals surface area (Å²) < 4.78 is 5.19. The van der Waals surface area contributed by atoms with Crippen molar-refractivity contribution >= 4 is 16.8 Å². The van der Waals surface area contributed by atoms with Crippen LogP contribution in [0.15, 0.2) is 30.5 Å². The summed E-state index contributed by atoms with van der Waals surface area (Å²) in [7, 11) is 1.60. The highest BCUT2D eigenvalue weighted by atomic mass is 16.5. The highest BCUT2D eigenvalue weighted by Gasteiger charge is 2.04. The standard InChI is InChI=1S/C12H12N2O2/c1-16-10-4-2-3-9-5-8(6-11(13)15)7-14-12(9)10/h2-5,7H,6H2,1H3,(H2,13,15). The topological polar surface area (TPSA) is 65.2 Å². The number of hydrogen-bond acceptors (Lipinski definition) is 3. The van der Waals surface area contributed by atoms with E-state index in [1.165, 1.54) is 0 Å². The lowest BCUT2D eigenvalue weighted by Crippen LogP contribution is -2.13. The van der Waals surface area contributed by atoms with Crippen LogP contribution in [0, 0.1) is 0 Å². The van der Waals surface area contributed by atoms with E-state index in [2.05, 4.69) is 4.98 Å². The molecule has 82 valence electrons. The Balaban J connectivity index is 2.51. The van der Waals surface area contributed by atoms with Gasteiger partial charge in [-0.3, -0.25) is 9.78 Å². The second-order valence-electron chi connectivity index (χ2n) is 3.52. The Labute approximate surface area is 93.0 Å². The fraction of sp³-hybridized carbons (Fsp3) is 0.167. The number of para-hydroxylation sites is 1. The van der Waals surface area contributed by atoms with Gasteiger partial charge in [-0.25, -0.2) is 0 Å². The fourth-order valence-corrected chi connectivity index (χ4v) is 1.64. The first-order valence-corrected chi connectivity index (χ1v) is 4.90. The van der Waals surface area contributed by atoms with Crippen LogP contribution in [0.5, 0.6) is 5.75 Å². The number of pyridine rings is 1. The number of aromatic nitrogens is 1. The normalized spacial score (nSPS) is 10.3. The van der Waals surface area contributed by atoms with Crippen LogP contribution in [0.1, 0.15) is 5.56 Å². The van der Waals surface area contributed by atoms with Crippen LogP contribution >= 0.6 is 0 Å². The van der Waals surface area contributed by atoms with E-state index in [0.29, 0.717) is 0 Å². The molecule has 4 heteroatoms. The summed E-state index contributed by atoms with van der Waals surface area (Å²) in [6, 6.07) is 7.56. The summed E-state index contributed by atoms with van der Waals surface area (Å²) in [5.41, 5.74) is 6.74. The maximum absolute atomic E-state index is 10.8. The molecule has 1 heterocycles. The van der Waals surface area contributed by atoms with Crippen molar-refractivity contribution in [1.29, 1.82) is 0 Å². The lowest BCUT2D eigenvalue weighted by atomic mass is 10.1. The van der Waals surface area contributed by atoms with Gasteiger partial charge in [-0.1, -0.05) is 12.1 Å². The Kier molecular flexibility index (Phi) is 2.72. The Hall–Kier alpha value is -2.10. The summed E-state index contributed by atoms with van der Waals surface area (Å²) >= 11 is 0. The Morgan fingerprint density at radius 2 is 2.31 bits per heavy atom. The number of methoxy groups -OCH3 is 1. The maximum Gasteiger partial charge on any atom is 0.221 e. The van der Waals surface area contributed by atoms with Gasteiger partial charge >= 0.3 is 0 Å². The number of carbonyl (C=O) groups is 1. The van der Waals surface area contributed by atoms with Gasteiger partial charge in [-0.05, 0) is 17.7 Å². The zero-order valence-electron chi connectivity index (χ0n) is 8.93. The molecule has 0 bridgehead atoms. The first-order valence-electron chi connectivity index (χ1n) is 4.90. The number of hydrogen-bond donors (Lipinski definition) is 1. The van der Waals surface area contributed by atoms with E-state index in [0.717, 1.165) is 22.2 Å². The van der Waals surface area contributed by atoms with Gasteiger partial charge in [0.15, 0.2) is 0 Å². The number of nitrogens with zero attached hydrogens (tertiary/aromatic N) is 1. The van der Waals surface area contributed by atoms with E-state index in [1.54, 1.807) is 13.3 Å². The number of benzene rings is 1. The second kappa shape index (κ2) is 4.18. The average Bonchev–Trinajstić information content (AvgIpc) is 2.27. The number of amides is 1. The van der Waals surface area contributed by atoms with E-state index in [-0.39, 0.29) is 12.3 Å². The third kappa shape index (κ3) is 1.95. The molecule has 16 heavy (non-hydrogen) atoms. The van der Waals surface area contributed by atoms with Gasteiger partial charge in [0, 0.05) is 11.6 Å². The number of primary amides is 1. The van der Waals surface area contributed by atoms with Gasteiger partial charge < -0.3 is 10.5 Å². The van der Waals surface area contributed by atoms with Gasteiger partial charge in [0.2, 0.25) is 5.91 Å². The Bertz CT molecular complexity index is 538. The fourth-order valence-electron chi connectivity index (χ4n) is 1.64. The molecule has 0 unspecified atom stereocenters. The third-order valence-corrected chi connectivity index (χ3v) is 2.33. The molecule has 1 amide bonds. The summed E-state index contributed by atoms with van der Waals surface area (Å²) in [4.78, 5) is 15.1. The predicted molar refractivity (Wildman–Crippen MR) is 61.2 cm³/mol. The largest absolute Gasteiger partial charge is 0.494 e. The molecule has 0 saturated heterocycles. The molecule has 0 aliphatic carbocycles. The molecule has 1 aromatic heterocycles. The van der Waals surface area contributed by atoms with Crippen LogP contribution in [0.3, 0.4) is 0 Å². The number of nitrogens with two attached hydrogens (primary N) is 1. The minimum Gasteiger partial charge on any atom is -0.494 e. The van der Waals surface area contributed by atoms with Crippen molar-refractivity contribution in [3.63, 3.8) is 0 Å². The van der Waals surface area contributed by atoms with Gasteiger partial charge in [-0.15, -0.1) is 0 Å². The number of rotatable bonds is 3. The Morgan fingerprint density at radius 3 is 3.00 bits per heavy atom. The smallest absolute Gasteiger partial charge is 0.221 e. The van der Waals surface area contributed by atoms with Crippen molar-refractivity contribution in [2.24, 2.45) is 5.73 Å². The van der Waals surface area contributed by atoms with Crippen LogP contribution in [-0.2, 0) is 11.2 Å². The van der Waals surface area contributed by atoms with Crippen molar-refractivity contribution in [2.45, 2.75) is 6.42 Å². The molecule has 0 spiro atoms. The minimum atomic E-state index is -0.357. The molecule has 0 atom stereocenters. The van der Waals surface area contributed by atoms with Gasteiger partial charge in [0.25, 0.3) is 0 Å². The van der Waals surface area contributed by atoms with Crippen LogP contribution in [0.2, 0.25) is 0 Å². The first-order chi connectivity index (χ1) is 7.70. The quantitative estimate of drug-likeness (QED) is 0.840. The number of carbonyl (C=O) groups excluding carboxylic acids is 1. The van der Waals surface area contributed by atoms with Crippen molar-refractivity contribution in [2.75, 3.05) is 7.11 Å². The molecule has 1 aromatic carbocycles. The number of fused-ring (bicyclic) bond motifs is 1. The van der Waals surface area contributed by atoms with Gasteiger partial charge in [0.05, 0.1) is 13.5 Å². The summed E-state index contributed by atoms with van der Waals surface area (Å²) in [6.07, 6.45) is 1.86. The molecule has 0 aliphatic rings. The SMILES string of the molecule is COc1cccc2cc(CC(N)=O)cnc12. The third-order valence-electron chi connectivity index (χ3n) is 2.33. The second-order valence-corrected chi connectivity index (χ2v) is 3.52. The van der Waals surface area contributed by atoms with Crippen molar-refractivity contribution in [3.8, 4) is 5.75 Å². The van der Waals surface area contributed by atoms with Crippen LogP contribution in [0.4, 0.5) is 0 Å².